The number of aliphatic carboxylic acids is 2. The van der Waals surface area contributed by atoms with Crippen LogP contribution < -0.4 is 11.1 Å². The Morgan fingerprint density at radius 1 is 0.967 bits per heavy atom. The van der Waals surface area contributed by atoms with Crippen LogP contribution in [0.25, 0.3) is 0 Å². The third-order valence-electron chi connectivity index (χ3n) is 4.24. The molecule has 0 aliphatic carbocycles. The highest BCUT2D eigenvalue weighted by Gasteiger charge is 2.26. The van der Waals surface area contributed by atoms with Gasteiger partial charge in [0.2, 0.25) is 0 Å². The maximum atomic E-state index is 12.5. The summed E-state index contributed by atoms with van der Waals surface area (Å²) in [6.45, 7) is -0.0296. The van der Waals surface area contributed by atoms with Crippen LogP contribution in [0.2, 0.25) is 0 Å². The van der Waals surface area contributed by atoms with Crippen molar-refractivity contribution < 1.29 is 34.1 Å². The zero-order chi connectivity index (χ0) is 22.1. The van der Waals surface area contributed by atoms with E-state index in [0.29, 0.717) is 5.56 Å². The van der Waals surface area contributed by atoms with E-state index in [-0.39, 0.29) is 18.6 Å². The molecule has 0 aliphatic rings. The molecule has 2 aromatic carbocycles. The number of amides is 1. The predicted octanol–water partition coefficient (Wildman–Crippen LogP) is 1.59. The maximum Gasteiger partial charge on any atom is 0.408 e. The Balaban J connectivity index is 2.07. The van der Waals surface area contributed by atoms with Crippen LogP contribution >= 0.6 is 0 Å². The first kappa shape index (κ1) is 22.6. The zero-order valence-corrected chi connectivity index (χ0v) is 16.0. The Kier molecular flexibility index (Phi) is 8.07. The van der Waals surface area contributed by atoms with Gasteiger partial charge in [-0.2, -0.15) is 0 Å². The zero-order valence-electron chi connectivity index (χ0n) is 16.0. The number of rotatable bonds is 10. The van der Waals surface area contributed by atoms with E-state index in [1.165, 1.54) is 12.1 Å². The van der Waals surface area contributed by atoms with Gasteiger partial charge in [0.15, 0.2) is 5.78 Å². The number of carbonyl (C=O) groups is 4. The second-order valence-corrected chi connectivity index (χ2v) is 6.53. The molecule has 0 fully saturated rings. The van der Waals surface area contributed by atoms with Crippen LogP contribution in [0.15, 0.2) is 54.6 Å². The first-order valence-corrected chi connectivity index (χ1v) is 9.07. The average Bonchev–Trinajstić information content (AvgIpc) is 2.71. The fraction of sp³-hybridized carbons (Fsp3) is 0.238. The number of carboxylic acid groups (broad SMARTS) is 2. The number of hydrogen-bond acceptors (Lipinski definition) is 6. The first-order valence-electron chi connectivity index (χ1n) is 9.07. The Labute approximate surface area is 172 Å². The summed E-state index contributed by atoms with van der Waals surface area (Å²) in [5, 5.41) is 20.6. The molecule has 0 saturated heterocycles. The van der Waals surface area contributed by atoms with Crippen molar-refractivity contribution in [1.82, 2.24) is 5.32 Å². The number of carbonyl (C=O) groups excluding carboxylic acids is 2. The normalized spacial score (nSPS) is 12.4. The number of carboxylic acids is 2. The summed E-state index contributed by atoms with van der Waals surface area (Å²) in [7, 11) is 0. The molecule has 0 bridgehead atoms. The Morgan fingerprint density at radius 2 is 1.60 bits per heavy atom. The molecule has 9 heteroatoms. The highest BCUT2D eigenvalue weighted by atomic mass is 16.5. The summed E-state index contributed by atoms with van der Waals surface area (Å²) >= 11 is 0. The summed E-state index contributed by atoms with van der Waals surface area (Å²) in [5.41, 5.74) is 6.81. The molecule has 158 valence electrons. The molecule has 0 spiro atoms. The molecule has 2 unspecified atom stereocenters. The maximum absolute atomic E-state index is 12.5. The minimum atomic E-state index is -1.36. The molecule has 2 aromatic rings. The minimum Gasteiger partial charge on any atom is -0.481 e. The Morgan fingerprint density at radius 3 is 2.23 bits per heavy atom. The monoisotopic (exact) mass is 414 g/mol. The van der Waals surface area contributed by atoms with Crippen LogP contribution in [0.4, 0.5) is 4.79 Å². The van der Waals surface area contributed by atoms with Crippen LogP contribution in [0.1, 0.15) is 27.9 Å². The lowest BCUT2D eigenvalue weighted by Crippen LogP contribution is -2.43. The Hall–Kier alpha value is -3.72. The lowest BCUT2D eigenvalue weighted by Gasteiger charge is -2.17. The molecule has 0 aliphatic heterocycles. The van der Waals surface area contributed by atoms with Gasteiger partial charge < -0.3 is 26.0 Å². The number of nitrogens with one attached hydrogen (secondary N) is 1. The van der Waals surface area contributed by atoms with Crippen molar-refractivity contribution in [3.8, 4) is 0 Å². The quantitative estimate of drug-likeness (QED) is 0.427. The lowest BCUT2D eigenvalue weighted by atomic mass is 9.94. The number of hydrogen-bond donors (Lipinski definition) is 4. The van der Waals surface area contributed by atoms with E-state index in [2.05, 4.69) is 5.32 Å². The van der Waals surface area contributed by atoms with Crippen molar-refractivity contribution in [2.24, 2.45) is 5.73 Å². The van der Waals surface area contributed by atoms with Gasteiger partial charge >= 0.3 is 18.0 Å². The molecule has 0 saturated carbocycles. The SMILES string of the molecule is NC(CC(=O)O)C(=O)c1ccccc1CC(NC(=O)OCc1ccccc1)C(=O)O. The van der Waals surface area contributed by atoms with E-state index in [0.717, 1.165) is 5.56 Å². The average molecular weight is 414 g/mol. The van der Waals surface area contributed by atoms with Gasteiger partial charge in [-0.3, -0.25) is 9.59 Å². The van der Waals surface area contributed by atoms with Crippen molar-refractivity contribution in [1.29, 1.82) is 0 Å². The highest BCUT2D eigenvalue weighted by molar-refractivity contribution is 6.02. The van der Waals surface area contributed by atoms with Crippen LogP contribution in [0.3, 0.4) is 0 Å². The second kappa shape index (κ2) is 10.7. The molecule has 2 atom stereocenters. The van der Waals surface area contributed by atoms with Crippen LogP contribution in [-0.2, 0) is 27.4 Å². The summed E-state index contributed by atoms with van der Waals surface area (Å²) in [6, 6.07) is 12.4. The molecule has 2 rings (SSSR count). The number of ether oxygens (including phenoxy) is 1. The molecule has 1 amide bonds. The number of benzene rings is 2. The third-order valence-corrected chi connectivity index (χ3v) is 4.24. The van der Waals surface area contributed by atoms with E-state index in [1.54, 1.807) is 36.4 Å². The molecule has 9 nitrogen and oxygen atoms in total. The fourth-order valence-corrected chi connectivity index (χ4v) is 2.75. The first-order chi connectivity index (χ1) is 14.3. The van der Waals surface area contributed by atoms with E-state index < -0.39 is 42.3 Å². The van der Waals surface area contributed by atoms with Crippen LogP contribution in [0.5, 0.6) is 0 Å². The number of alkyl carbamates (subject to hydrolysis) is 1. The van der Waals surface area contributed by atoms with E-state index >= 15 is 0 Å². The number of ketones is 1. The van der Waals surface area contributed by atoms with E-state index in [4.69, 9.17) is 15.6 Å². The van der Waals surface area contributed by atoms with E-state index in [9.17, 15) is 24.3 Å². The van der Waals surface area contributed by atoms with Gasteiger partial charge in [-0.05, 0) is 11.1 Å². The predicted molar refractivity (Wildman–Crippen MR) is 106 cm³/mol. The number of Topliss-reactive ketones (excluding diaryl/α,β-unsaturated/α-hetero) is 1. The smallest absolute Gasteiger partial charge is 0.408 e. The second-order valence-electron chi connectivity index (χ2n) is 6.53. The topological polar surface area (TPSA) is 156 Å². The van der Waals surface area contributed by atoms with Gasteiger partial charge in [0.25, 0.3) is 0 Å². The Bertz CT molecular complexity index is 915. The molecule has 5 N–H and O–H groups in total. The molecule has 30 heavy (non-hydrogen) atoms. The molecule has 0 radical (unpaired) electrons. The lowest BCUT2D eigenvalue weighted by molar-refractivity contribution is -0.139. The van der Waals surface area contributed by atoms with Crippen molar-refractivity contribution >= 4 is 23.8 Å². The van der Waals surface area contributed by atoms with Crippen LogP contribution in [0, 0.1) is 0 Å². The van der Waals surface area contributed by atoms with Gasteiger partial charge in [-0.25, -0.2) is 9.59 Å². The molecular formula is C21H22N2O7. The summed E-state index contributed by atoms with van der Waals surface area (Å²) < 4.78 is 5.04. The molecule has 0 aromatic heterocycles. The van der Waals surface area contributed by atoms with Gasteiger partial charge in [0.1, 0.15) is 12.6 Å². The molecular weight excluding hydrogens is 392 g/mol. The van der Waals surface area contributed by atoms with Gasteiger partial charge in [0.05, 0.1) is 12.5 Å². The van der Waals surface area contributed by atoms with E-state index in [1.807, 2.05) is 6.07 Å². The fourth-order valence-electron chi connectivity index (χ4n) is 2.75. The van der Waals surface area contributed by atoms with Crippen molar-refractivity contribution in [3.63, 3.8) is 0 Å². The van der Waals surface area contributed by atoms with Gasteiger partial charge in [0, 0.05) is 12.0 Å². The van der Waals surface area contributed by atoms with Gasteiger partial charge in [-0.15, -0.1) is 0 Å². The van der Waals surface area contributed by atoms with Crippen molar-refractivity contribution in [3.05, 3.63) is 71.3 Å². The number of nitrogens with two attached hydrogens (primary N) is 1. The standard InChI is InChI=1S/C21H22N2O7/c22-16(11-18(24)25)19(26)15-9-5-4-8-14(15)10-17(20(27)28)23-21(29)30-12-13-6-2-1-3-7-13/h1-9,16-17H,10-12,22H2,(H,23,29)(H,24,25)(H,27,28). The van der Waals surface area contributed by atoms with Crippen molar-refractivity contribution in [2.45, 2.75) is 31.5 Å². The van der Waals surface area contributed by atoms with Crippen molar-refractivity contribution in [2.75, 3.05) is 0 Å². The van der Waals surface area contributed by atoms with Crippen LogP contribution in [-0.4, -0.2) is 46.1 Å². The summed E-state index contributed by atoms with van der Waals surface area (Å²) in [6.07, 6.45) is -1.69. The third kappa shape index (κ3) is 6.71. The largest absolute Gasteiger partial charge is 0.481 e. The summed E-state index contributed by atoms with van der Waals surface area (Å²) in [5.74, 6) is -3.16. The highest BCUT2D eigenvalue weighted by Crippen LogP contribution is 2.15. The molecule has 0 heterocycles. The minimum absolute atomic E-state index is 0.0296. The van der Waals surface area contributed by atoms with Gasteiger partial charge in [-0.1, -0.05) is 54.6 Å². The summed E-state index contributed by atoms with van der Waals surface area (Å²) in [4.78, 5) is 46.9.